The Morgan fingerprint density at radius 1 is 0.833 bits per heavy atom. The van der Waals surface area contributed by atoms with Gasteiger partial charge in [-0.05, 0) is 11.6 Å². The van der Waals surface area contributed by atoms with Crippen LogP contribution in [0.25, 0.3) is 0 Å². The molecule has 2 atom stereocenters. The third kappa shape index (κ3) is 3.93. The van der Waals surface area contributed by atoms with Crippen LogP contribution in [0.4, 0.5) is 17.6 Å². The monoisotopic (exact) mass is 418 g/mol. The van der Waals surface area contributed by atoms with Crippen LogP contribution in [-0.4, -0.2) is 19.3 Å². The van der Waals surface area contributed by atoms with E-state index in [1.807, 2.05) is 0 Å². The molecule has 0 N–H and O–H groups in total. The fourth-order valence-electron chi connectivity index (χ4n) is 3.20. The van der Waals surface area contributed by atoms with E-state index in [0.717, 1.165) is 25.3 Å². The second-order valence-corrected chi connectivity index (χ2v) is 6.47. The number of halogens is 4. The summed E-state index contributed by atoms with van der Waals surface area (Å²) in [5.41, 5.74) is -3.56. The molecule has 3 nitrogen and oxygen atoms in total. The van der Waals surface area contributed by atoms with Crippen LogP contribution in [0, 0.1) is 5.82 Å². The molecule has 0 aromatic heterocycles. The number of rotatable bonds is 6. The van der Waals surface area contributed by atoms with Crippen molar-refractivity contribution < 1.29 is 31.8 Å². The van der Waals surface area contributed by atoms with Crippen molar-refractivity contribution in [3.05, 3.63) is 107 Å². The molecule has 0 aliphatic heterocycles. The summed E-state index contributed by atoms with van der Waals surface area (Å²) in [6, 6.07) is 19.9. The van der Waals surface area contributed by atoms with Gasteiger partial charge in [0.1, 0.15) is 5.82 Å². The van der Waals surface area contributed by atoms with Gasteiger partial charge < -0.3 is 9.47 Å². The van der Waals surface area contributed by atoms with Gasteiger partial charge in [0.15, 0.2) is 6.10 Å². The van der Waals surface area contributed by atoms with E-state index in [2.05, 4.69) is 0 Å². The molecule has 0 bridgehead atoms. The molecule has 0 fully saturated rings. The normalized spacial score (nSPS) is 14.6. The first-order valence-electron chi connectivity index (χ1n) is 8.99. The number of methoxy groups -OCH3 is 1. The van der Waals surface area contributed by atoms with E-state index in [4.69, 9.17) is 9.47 Å². The number of carbonyl (C=O) groups excluding carboxylic acids is 1. The summed E-state index contributed by atoms with van der Waals surface area (Å²) in [7, 11) is 0.780. The molecule has 3 rings (SSSR count). The molecule has 156 valence electrons. The number of esters is 1. The third-order valence-electron chi connectivity index (χ3n) is 4.69. The second-order valence-electron chi connectivity index (χ2n) is 6.47. The van der Waals surface area contributed by atoms with Crippen LogP contribution in [0.15, 0.2) is 84.9 Å². The smallest absolute Gasteiger partial charge is 0.432 e. The van der Waals surface area contributed by atoms with Gasteiger partial charge in [-0.15, -0.1) is 0 Å². The molecule has 7 heteroatoms. The van der Waals surface area contributed by atoms with Crippen LogP contribution >= 0.6 is 0 Å². The van der Waals surface area contributed by atoms with Crippen LogP contribution in [0.5, 0.6) is 0 Å². The lowest BCUT2D eigenvalue weighted by molar-refractivity contribution is -0.277. The maximum Gasteiger partial charge on any atom is 0.432 e. The number of carbonyl (C=O) groups is 1. The summed E-state index contributed by atoms with van der Waals surface area (Å²) in [5.74, 6) is -2.41. The minimum atomic E-state index is -5.13. The molecule has 0 heterocycles. The molecule has 30 heavy (non-hydrogen) atoms. The fourth-order valence-corrected chi connectivity index (χ4v) is 3.20. The zero-order chi connectivity index (χ0) is 21.8. The molecule has 0 aliphatic rings. The molecule has 0 radical (unpaired) electrons. The molecule has 0 unspecified atom stereocenters. The van der Waals surface area contributed by atoms with Gasteiger partial charge in [0, 0.05) is 18.2 Å². The van der Waals surface area contributed by atoms with Crippen molar-refractivity contribution in [3.8, 4) is 0 Å². The minimum Gasteiger partial charge on any atom is -0.450 e. The van der Waals surface area contributed by atoms with Crippen molar-refractivity contribution in [1.82, 2.24) is 0 Å². The van der Waals surface area contributed by atoms with Crippen molar-refractivity contribution >= 4 is 5.97 Å². The highest BCUT2D eigenvalue weighted by Gasteiger charge is 2.64. The molecular formula is C23H18F4O3. The van der Waals surface area contributed by atoms with E-state index in [1.165, 1.54) is 48.5 Å². The summed E-state index contributed by atoms with van der Waals surface area (Å²) in [4.78, 5) is 13.0. The largest absolute Gasteiger partial charge is 0.450 e. The molecule has 3 aromatic carbocycles. The van der Waals surface area contributed by atoms with Crippen molar-refractivity contribution in [2.75, 3.05) is 7.11 Å². The average Bonchev–Trinajstić information content (AvgIpc) is 2.74. The third-order valence-corrected chi connectivity index (χ3v) is 4.69. The summed E-state index contributed by atoms with van der Waals surface area (Å²) in [6.07, 6.45) is -6.53. The molecular weight excluding hydrogens is 400 g/mol. The van der Waals surface area contributed by atoms with Crippen LogP contribution in [0.2, 0.25) is 0 Å². The van der Waals surface area contributed by atoms with Gasteiger partial charge >= 0.3 is 12.1 Å². The van der Waals surface area contributed by atoms with Gasteiger partial charge in [-0.1, -0.05) is 78.9 Å². The lowest BCUT2D eigenvalue weighted by atomic mass is 9.92. The van der Waals surface area contributed by atoms with Crippen LogP contribution in [0.3, 0.4) is 0 Å². The van der Waals surface area contributed by atoms with Crippen LogP contribution < -0.4 is 0 Å². The van der Waals surface area contributed by atoms with Crippen molar-refractivity contribution in [3.63, 3.8) is 0 Å². The van der Waals surface area contributed by atoms with E-state index in [9.17, 15) is 22.4 Å². The highest BCUT2D eigenvalue weighted by molar-refractivity contribution is 5.83. The number of ether oxygens (including phenoxy) is 2. The van der Waals surface area contributed by atoms with Gasteiger partial charge in [-0.2, -0.15) is 13.2 Å². The van der Waals surface area contributed by atoms with E-state index in [0.29, 0.717) is 5.56 Å². The summed E-state index contributed by atoms with van der Waals surface area (Å²) in [6.45, 7) is 0. The first kappa shape index (κ1) is 21.5. The van der Waals surface area contributed by atoms with Gasteiger partial charge in [0.05, 0.1) is 0 Å². The number of benzene rings is 3. The maximum atomic E-state index is 14.5. The van der Waals surface area contributed by atoms with Crippen LogP contribution in [-0.2, 0) is 19.9 Å². The van der Waals surface area contributed by atoms with Crippen molar-refractivity contribution in [2.45, 2.75) is 17.9 Å². The van der Waals surface area contributed by atoms with E-state index < -0.39 is 35.2 Å². The first-order valence-corrected chi connectivity index (χ1v) is 8.99. The minimum absolute atomic E-state index is 0.0720. The maximum absolute atomic E-state index is 14.5. The number of alkyl halides is 3. The molecule has 0 saturated carbocycles. The quantitative estimate of drug-likeness (QED) is 0.388. The molecule has 0 saturated heterocycles. The van der Waals surface area contributed by atoms with E-state index in [-0.39, 0.29) is 5.56 Å². The van der Waals surface area contributed by atoms with E-state index in [1.54, 1.807) is 18.2 Å². The lowest BCUT2D eigenvalue weighted by Gasteiger charge is -2.34. The number of hydrogen-bond donors (Lipinski definition) is 0. The zero-order valence-corrected chi connectivity index (χ0v) is 15.9. The Balaban J connectivity index is 2.11. The second kappa shape index (κ2) is 8.67. The zero-order valence-electron chi connectivity index (χ0n) is 15.9. The predicted molar refractivity (Wildman–Crippen MR) is 102 cm³/mol. The highest BCUT2D eigenvalue weighted by atomic mass is 19.4. The molecule has 0 aliphatic carbocycles. The predicted octanol–water partition coefficient (Wildman–Crippen LogP) is 5.56. The fraction of sp³-hybridized carbons (Fsp3) is 0.174. The SMILES string of the molecule is CO[C@@](C(=O)O[C@@H](c1ccccc1)c1ccccc1F)(c1ccccc1)C(F)(F)F. The first-order chi connectivity index (χ1) is 14.3. The molecule has 3 aromatic rings. The average molecular weight is 418 g/mol. The Morgan fingerprint density at radius 3 is 1.90 bits per heavy atom. The van der Waals surface area contributed by atoms with Crippen molar-refractivity contribution in [2.24, 2.45) is 0 Å². The Kier molecular flexibility index (Phi) is 6.22. The Hall–Kier alpha value is -3.19. The Morgan fingerprint density at radius 2 is 1.37 bits per heavy atom. The lowest BCUT2D eigenvalue weighted by Crippen LogP contribution is -2.52. The Labute approximate surface area is 170 Å². The van der Waals surface area contributed by atoms with Gasteiger partial charge in [0.25, 0.3) is 5.60 Å². The summed E-state index contributed by atoms with van der Waals surface area (Å²) >= 11 is 0. The highest BCUT2D eigenvalue weighted by Crippen LogP contribution is 2.44. The van der Waals surface area contributed by atoms with Crippen molar-refractivity contribution in [1.29, 1.82) is 0 Å². The topological polar surface area (TPSA) is 35.5 Å². The number of hydrogen-bond acceptors (Lipinski definition) is 3. The van der Waals surface area contributed by atoms with E-state index >= 15 is 0 Å². The molecule has 0 amide bonds. The summed E-state index contributed by atoms with van der Waals surface area (Å²) in [5, 5.41) is 0. The van der Waals surface area contributed by atoms with Gasteiger partial charge in [-0.3, -0.25) is 0 Å². The Bertz CT molecular complexity index is 990. The van der Waals surface area contributed by atoms with Gasteiger partial charge in [0.2, 0.25) is 0 Å². The standard InChI is InChI=1S/C23H18F4O3/c1-29-22(23(25,26)27,17-12-6-3-7-13-17)21(28)30-20(16-10-4-2-5-11-16)18-14-8-9-15-19(18)24/h2-15,20H,1H3/t20-,22+/m0/s1. The van der Waals surface area contributed by atoms with Crippen LogP contribution in [0.1, 0.15) is 22.8 Å². The van der Waals surface area contributed by atoms with Gasteiger partial charge in [-0.25, -0.2) is 9.18 Å². The summed E-state index contributed by atoms with van der Waals surface area (Å²) < 4.78 is 67.0. The molecule has 0 spiro atoms.